The number of rotatable bonds is 11. The van der Waals surface area contributed by atoms with Crippen molar-refractivity contribution in [1.29, 1.82) is 0 Å². The number of hydrogen-bond acceptors (Lipinski definition) is 3. The first-order valence-electron chi connectivity index (χ1n) is 11.0. The van der Waals surface area contributed by atoms with Crippen LogP contribution in [0.2, 0.25) is 10.0 Å². The molecular formula is C25H32Cl2N2O3. The number of hydrogen-bond donors (Lipinski definition) is 1. The maximum atomic E-state index is 13.3. The van der Waals surface area contributed by atoms with Crippen molar-refractivity contribution in [2.45, 2.75) is 59.5 Å². The number of unbranched alkanes of at least 4 members (excludes halogenated alkanes) is 1. The summed E-state index contributed by atoms with van der Waals surface area (Å²) in [6.45, 7) is 8.37. The Kier molecular flexibility index (Phi) is 10.3. The van der Waals surface area contributed by atoms with Crippen molar-refractivity contribution in [2.75, 3.05) is 13.2 Å². The van der Waals surface area contributed by atoms with Crippen LogP contribution in [0.1, 0.15) is 49.8 Å². The van der Waals surface area contributed by atoms with Crippen molar-refractivity contribution in [1.82, 2.24) is 10.2 Å². The largest absolute Gasteiger partial charge is 0.483 e. The fourth-order valence-electron chi connectivity index (χ4n) is 3.46. The molecule has 1 atom stereocenters. The van der Waals surface area contributed by atoms with Crippen LogP contribution in [0.4, 0.5) is 0 Å². The van der Waals surface area contributed by atoms with Crippen LogP contribution in [0.3, 0.4) is 0 Å². The van der Waals surface area contributed by atoms with E-state index >= 15 is 0 Å². The maximum Gasteiger partial charge on any atom is 0.261 e. The SMILES string of the molecule is CCCCNC(=O)C(CC)N(Cc1c(Cl)cccc1Cl)C(=O)COc1ccc(C)cc1C. The Morgan fingerprint density at radius 2 is 1.78 bits per heavy atom. The molecule has 0 aromatic heterocycles. The van der Waals surface area contributed by atoms with E-state index in [1.165, 1.54) is 4.90 Å². The average molecular weight is 479 g/mol. The summed E-state index contributed by atoms with van der Waals surface area (Å²) in [5.41, 5.74) is 2.67. The third kappa shape index (κ3) is 7.14. The van der Waals surface area contributed by atoms with Gasteiger partial charge in [0.05, 0.1) is 0 Å². The quantitative estimate of drug-likeness (QED) is 0.420. The summed E-state index contributed by atoms with van der Waals surface area (Å²) >= 11 is 12.7. The van der Waals surface area contributed by atoms with Crippen molar-refractivity contribution >= 4 is 35.0 Å². The van der Waals surface area contributed by atoms with Gasteiger partial charge in [-0.2, -0.15) is 0 Å². The summed E-state index contributed by atoms with van der Waals surface area (Å²) < 4.78 is 5.82. The van der Waals surface area contributed by atoms with Gasteiger partial charge in [-0.1, -0.05) is 67.2 Å². The standard InChI is InChI=1S/C25H32Cl2N2O3/c1-5-7-13-28-25(31)22(6-2)29(15-19-20(26)9-8-10-21(19)27)24(30)16-32-23-12-11-17(3)14-18(23)4/h8-12,14,22H,5-7,13,15-16H2,1-4H3,(H,28,31). The topological polar surface area (TPSA) is 58.6 Å². The van der Waals surface area contributed by atoms with E-state index in [0.717, 1.165) is 24.0 Å². The molecule has 0 aliphatic heterocycles. The summed E-state index contributed by atoms with van der Waals surface area (Å²) in [7, 11) is 0. The summed E-state index contributed by atoms with van der Waals surface area (Å²) in [5.74, 6) is 0.141. The van der Waals surface area contributed by atoms with Crippen LogP contribution in [0.25, 0.3) is 0 Å². The van der Waals surface area contributed by atoms with Crippen molar-refractivity contribution in [3.8, 4) is 5.75 Å². The molecule has 0 saturated carbocycles. The number of ether oxygens (including phenoxy) is 1. The number of halogens is 2. The van der Waals surface area contributed by atoms with E-state index in [1.54, 1.807) is 18.2 Å². The van der Waals surface area contributed by atoms with Gasteiger partial charge in [0.2, 0.25) is 5.91 Å². The first-order valence-corrected chi connectivity index (χ1v) is 11.7. The van der Waals surface area contributed by atoms with Gasteiger partial charge in [-0.05, 0) is 50.5 Å². The lowest BCUT2D eigenvalue weighted by atomic mass is 10.1. The molecule has 174 valence electrons. The molecule has 2 amide bonds. The summed E-state index contributed by atoms with van der Waals surface area (Å²) in [6, 6.07) is 10.3. The predicted octanol–water partition coefficient (Wildman–Crippen LogP) is 5.71. The highest BCUT2D eigenvalue weighted by Crippen LogP contribution is 2.27. The summed E-state index contributed by atoms with van der Waals surface area (Å²) in [5, 5.41) is 3.84. The average Bonchev–Trinajstić information content (AvgIpc) is 2.75. The van der Waals surface area contributed by atoms with E-state index in [1.807, 2.05) is 39.0 Å². The minimum absolute atomic E-state index is 0.118. The number of nitrogens with one attached hydrogen (secondary N) is 1. The van der Waals surface area contributed by atoms with Crippen LogP contribution in [0.15, 0.2) is 36.4 Å². The zero-order valence-electron chi connectivity index (χ0n) is 19.2. The van der Waals surface area contributed by atoms with Gasteiger partial charge in [0, 0.05) is 28.7 Å². The van der Waals surface area contributed by atoms with Gasteiger partial charge < -0.3 is 15.0 Å². The fourth-order valence-corrected chi connectivity index (χ4v) is 3.98. The van der Waals surface area contributed by atoms with Gasteiger partial charge in [0.1, 0.15) is 11.8 Å². The van der Waals surface area contributed by atoms with Gasteiger partial charge in [-0.25, -0.2) is 0 Å². The highest BCUT2D eigenvalue weighted by atomic mass is 35.5. The van der Waals surface area contributed by atoms with Gasteiger partial charge in [-0.15, -0.1) is 0 Å². The van der Waals surface area contributed by atoms with E-state index in [-0.39, 0.29) is 25.0 Å². The molecule has 2 aromatic carbocycles. The minimum atomic E-state index is -0.658. The Bertz CT molecular complexity index is 913. The Labute approximate surface area is 201 Å². The van der Waals surface area contributed by atoms with Crippen molar-refractivity contribution in [3.05, 3.63) is 63.1 Å². The smallest absolute Gasteiger partial charge is 0.261 e. The van der Waals surface area contributed by atoms with Crippen LogP contribution in [-0.2, 0) is 16.1 Å². The second-order valence-electron chi connectivity index (χ2n) is 7.85. The van der Waals surface area contributed by atoms with Crippen LogP contribution in [0.5, 0.6) is 5.75 Å². The lowest BCUT2D eigenvalue weighted by molar-refractivity contribution is -0.143. The molecule has 0 radical (unpaired) electrons. The Morgan fingerprint density at radius 3 is 2.38 bits per heavy atom. The molecule has 32 heavy (non-hydrogen) atoms. The molecule has 1 N–H and O–H groups in total. The van der Waals surface area contributed by atoms with E-state index in [9.17, 15) is 9.59 Å². The fraction of sp³-hybridized carbons (Fsp3) is 0.440. The molecule has 0 bridgehead atoms. The molecule has 0 aliphatic carbocycles. The zero-order chi connectivity index (χ0) is 23.7. The minimum Gasteiger partial charge on any atom is -0.483 e. The highest BCUT2D eigenvalue weighted by molar-refractivity contribution is 6.36. The van der Waals surface area contributed by atoms with E-state index < -0.39 is 6.04 Å². The van der Waals surface area contributed by atoms with Gasteiger partial charge >= 0.3 is 0 Å². The summed E-state index contributed by atoms with van der Waals surface area (Å²) in [4.78, 5) is 27.7. The Balaban J connectivity index is 2.26. The number of nitrogens with zero attached hydrogens (tertiary/aromatic N) is 1. The van der Waals surface area contributed by atoms with E-state index in [2.05, 4.69) is 12.2 Å². The van der Waals surface area contributed by atoms with Gasteiger partial charge in [0.25, 0.3) is 5.91 Å². The van der Waals surface area contributed by atoms with Crippen molar-refractivity contribution < 1.29 is 14.3 Å². The van der Waals surface area contributed by atoms with E-state index in [4.69, 9.17) is 27.9 Å². The number of aryl methyl sites for hydroxylation is 2. The second kappa shape index (κ2) is 12.7. The highest BCUT2D eigenvalue weighted by Gasteiger charge is 2.30. The Hall–Kier alpha value is -2.24. The van der Waals surface area contributed by atoms with Gasteiger partial charge in [0.15, 0.2) is 6.61 Å². The maximum absolute atomic E-state index is 13.3. The number of carbonyl (C=O) groups excluding carboxylic acids is 2. The van der Waals surface area contributed by atoms with Crippen LogP contribution in [0, 0.1) is 13.8 Å². The van der Waals surface area contributed by atoms with Crippen LogP contribution >= 0.6 is 23.2 Å². The van der Waals surface area contributed by atoms with Crippen molar-refractivity contribution in [3.63, 3.8) is 0 Å². The normalized spacial score (nSPS) is 11.7. The first kappa shape index (κ1) is 26.0. The molecule has 0 heterocycles. The molecular weight excluding hydrogens is 447 g/mol. The number of amides is 2. The molecule has 0 fully saturated rings. The molecule has 0 saturated heterocycles. The molecule has 7 heteroatoms. The number of benzene rings is 2. The molecule has 2 aromatic rings. The van der Waals surface area contributed by atoms with Gasteiger partial charge in [-0.3, -0.25) is 9.59 Å². The van der Waals surface area contributed by atoms with Crippen LogP contribution in [-0.4, -0.2) is 35.9 Å². The molecule has 5 nitrogen and oxygen atoms in total. The third-order valence-electron chi connectivity index (χ3n) is 5.29. The van der Waals surface area contributed by atoms with E-state index in [0.29, 0.717) is 34.3 Å². The van der Waals surface area contributed by atoms with Crippen LogP contribution < -0.4 is 10.1 Å². The molecule has 1 unspecified atom stereocenters. The molecule has 2 rings (SSSR count). The lowest BCUT2D eigenvalue weighted by Crippen LogP contribution is -2.50. The summed E-state index contributed by atoms with van der Waals surface area (Å²) in [6.07, 6.45) is 2.30. The third-order valence-corrected chi connectivity index (χ3v) is 6.00. The number of carbonyl (C=O) groups is 2. The predicted molar refractivity (Wildman–Crippen MR) is 130 cm³/mol. The van der Waals surface area contributed by atoms with Crippen molar-refractivity contribution in [2.24, 2.45) is 0 Å². The second-order valence-corrected chi connectivity index (χ2v) is 8.66. The molecule has 0 aliphatic rings. The molecule has 0 spiro atoms. The monoisotopic (exact) mass is 478 g/mol. The zero-order valence-corrected chi connectivity index (χ0v) is 20.7. The first-order chi connectivity index (χ1) is 15.3. The lowest BCUT2D eigenvalue weighted by Gasteiger charge is -2.31. The Morgan fingerprint density at radius 1 is 1.09 bits per heavy atom.